The summed E-state index contributed by atoms with van der Waals surface area (Å²) in [6, 6.07) is 14.9. The lowest BCUT2D eigenvalue weighted by Gasteiger charge is -2.33. The number of benzene rings is 2. The standard InChI is InChI=1S/C19H20N2O3/c1-3-14-8-4-5-9-15(14)20-19(23)18-12-21(13(2)22)16-10-6-7-11-17(16)24-18/h4-11,18H,3,12H2,1-2H3,(H,20,23)/t18-/m0/s1. The van der Waals surface area contributed by atoms with Crippen LogP contribution in [0.5, 0.6) is 5.75 Å². The molecule has 1 N–H and O–H groups in total. The van der Waals surface area contributed by atoms with Gasteiger partial charge in [-0.25, -0.2) is 0 Å². The molecule has 2 aromatic rings. The zero-order valence-corrected chi connectivity index (χ0v) is 13.8. The maximum atomic E-state index is 12.6. The average molecular weight is 324 g/mol. The number of amides is 2. The number of aryl methyl sites for hydroxylation is 1. The SMILES string of the molecule is CCc1ccccc1NC(=O)[C@@H]1CN(C(C)=O)c2ccccc2O1. The zero-order chi connectivity index (χ0) is 17.1. The summed E-state index contributed by atoms with van der Waals surface area (Å²) >= 11 is 0. The second kappa shape index (κ2) is 6.74. The van der Waals surface area contributed by atoms with E-state index in [9.17, 15) is 9.59 Å². The van der Waals surface area contributed by atoms with Gasteiger partial charge in [-0.1, -0.05) is 37.3 Å². The number of fused-ring (bicyclic) bond motifs is 1. The van der Waals surface area contributed by atoms with Crippen LogP contribution in [0.4, 0.5) is 11.4 Å². The molecule has 0 saturated carbocycles. The fourth-order valence-corrected chi connectivity index (χ4v) is 2.83. The lowest BCUT2D eigenvalue weighted by atomic mass is 10.1. The Hall–Kier alpha value is -2.82. The van der Waals surface area contributed by atoms with Crippen LogP contribution in [-0.2, 0) is 16.0 Å². The summed E-state index contributed by atoms with van der Waals surface area (Å²) in [6.07, 6.45) is 0.0819. The van der Waals surface area contributed by atoms with Crippen LogP contribution in [0, 0.1) is 0 Å². The summed E-state index contributed by atoms with van der Waals surface area (Å²) in [6.45, 7) is 3.73. The van der Waals surface area contributed by atoms with Crippen LogP contribution in [0.25, 0.3) is 0 Å². The van der Waals surface area contributed by atoms with Gasteiger partial charge in [0.15, 0.2) is 6.10 Å². The highest BCUT2D eigenvalue weighted by atomic mass is 16.5. The van der Waals surface area contributed by atoms with Gasteiger partial charge >= 0.3 is 0 Å². The minimum Gasteiger partial charge on any atom is -0.476 e. The van der Waals surface area contributed by atoms with Crippen molar-refractivity contribution in [1.29, 1.82) is 0 Å². The fraction of sp³-hybridized carbons (Fsp3) is 0.263. The summed E-state index contributed by atoms with van der Waals surface area (Å²) in [4.78, 5) is 26.1. The Morgan fingerprint density at radius 1 is 1.17 bits per heavy atom. The first-order chi connectivity index (χ1) is 11.6. The molecule has 2 amide bonds. The van der Waals surface area contributed by atoms with E-state index in [0.29, 0.717) is 11.4 Å². The monoisotopic (exact) mass is 324 g/mol. The fourth-order valence-electron chi connectivity index (χ4n) is 2.83. The first-order valence-electron chi connectivity index (χ1n) is 8.02. The highest BCUT2D eigenvalue weighted by Gasteiger charge is 2.32. The van der Waals surface area contributed by atoms with Gasteiger partial charge in [-0.05, 0) is 30.2 Å². The van der Waals surface area contributed by atoms with E-state index in [1.54, 1.807) is 11.0 Å². The van der Waals surface area contributed by atoms with Crippen LogP contribution in [-0.4, -0.2) is 24.5 Å². The summed E-state index contributed by atoms with van der Waals surface area (Å²) in [5, 5.41) is 2.92. The molecule has 1 aliphatic heterocycles. The number of ether oxygens (including phenoxy) is 1. The topological polar surface area (TPSA) is 58.6 Å². The Kier molecular flexibility index (Phi) is 4.51. The lowest BCUT2D eigenvalue weighted by molar-refractivity contribution is -0.123. The highest BCUT2D eigenvalue weighted by Crippen LogP contribution is 2.33. The van der Waals surface area contributed by atoms with Crippen molar-refractivity contribution in [3.63, 3.8) is 0 Å². The molecule has 0 bridgehead atoms. The molecule has 0 unspecified atom stereocenters. The molecule has 3 rings (SSSR count). The molecule has 1 heterocycles. The molecule has 2 aromatic carbocycles. The highest BCUT2D eigenvalue weighted by molar-refractivity contribution is 5.99. The number of hydrogen-bond acceptors (Lipinski definition) is 3. The van der Waals surface area contributed by atoms with Crippen molar-refractivity contribution in [2.24, 2.45) is 0 Å². The Labute approximate surface area is 141 Å². The molecule has 0 fully saturated rings. The van der Waals surface area contributed by atoms with E-state index >= 15 is 0 Å². The number of carbonyl (C=O) groups is 2. The second-order valence-electron chi connectivity index (χ2n) is 5.70. The van der Waals surface area contributed by atoms with E-state index in [0.717, 1.165) is 17.7 Å². The van der Waals surface area contributed by atoms with E-state index in [4.69, 9.17) is 4.74 Å². The largest absolute Gasteiger partial charge is 0.476 e. The molecule has 0 saturated heterocycles. The normalized spacial score (nSPS) is 16.1. The van der Waals surface area contributed by atoms with Crippen molar-refractivity contribution in [2.75, 3.05) is 16.8 Å². The van der Waals surface area contributed by atoms with Gasteiger partial charge in [0.05, 0.1) is 12.2 Å². The number of para-hydroxylation sites is 3. The molecule has 124 valence electrons. The third-order valence-electron chi connectivity index (χ3n) is 4.10. The number of nitrogens with zero attached hydrogens (tertiary/aromatic N) is 1. The van der Waals surface area contributed by atoms with Crippen LogP contribution < -0.4 is 15.0 Å². The average Bonchev–Trinajstić information content (AvgIpc) is 2.61. The van der Waals surface area contributed by atoms with Gasteiger partial charge in [-0.3, -0.25) is 9.59 Å². The first-order valence-corrected chi connectivity index (χ1v) is 8.02. The van der Waals surface area contributed by atoms with E-state index in [2.05, 4.69) is 5.32 Å². The Bertz CT molecular complexity index is 773. The van der Waals surface area contributed by atoms with Crippen LogP contribution >= 0.6 is 0 Å². The molecule has 5 nitrogen and oxygen atoms in total. The molecular formula is C19H20N2O3. The lowest BCUT2D eigenvalue weighted by Crippen LogP contribution is -2.48. The first kappa shape index (κ1) is 16.1. The van der Waals surface area contributed by atoms with E-state index in [1.807, 2.05) is 49.4 Å². The number of anilines is 2. The van der Waals surface area contributed by atoms with Gasteiger partial charge in [0, 0.05) is 12.6 Å². The minimum atomic E-state index is -0.742. The van der Waals surface area contributed by atoms with Crippen molar-refractivity contribution in [3.8, 4) is 5.75 Å². The molecule has 1 atom stereocenters. The minimum absolute atomic E-state index is 0.113. The zero-order valence-electron chi connectivity index (χ0n) is 13.8. The Morgan fingerprint density at radius 3 is 2.62 bits per heavy atom. The number of rotatable bonds is 3. The van der Waals surface area contributed by atoms with Crippen LogP contribution in [0.15, 0.2) is 48.5 Å². The molecular weight excluding hydrogens is 304 g/mol. The number of nitrogens with one attached hydrogen (secondary N) is 1. The van der Waals surface area contributed by atoms with Crippen molar-refractivity contribution in [1.82, 2.24) is 0 Å². The molecule has 24 heavy (non-hydrogen) atoms. The summed E-state index contributed by atoms with van der Waals surface area (Å²) < 4.78 is 5.81. The maximum Gasteiger partial charge on any atom is 0.267 e. The number of hydrogen-bond donors (Lipinski definition) is 1. The van der Waals surface area contributed by atoms with Gasteiger partial charge < -0.3 is 15.0 Å². The van der Waals surface area contributed by atoms with E-state index in [-0.39, 0.29) is 18.4 Å². The van der Waals surface area contributed by atoms with E-state index in [1.165, 1.54) is 6.92 Å². The van der Waals surface area contributed by atoms with Crippen molar-refractivity contribution in [3.05, 3.63) is 54.1 Å². The van der Waals surface area contributed by atoms with Crippen molar-refractivity contribution >= 4 is 23.2 Å². The van der Waals surface area contributed by atoms with Gasteiger partial charge in [-0.2, -0.15) is 0 Å². The predicted molar refractivity (Wildman–Crippen MR) is 93.3 cm³/mol. The maximum absolute atomic E-state index is 12.6. The van der Waals surface area contributed by atoms with Gasteiger partial charge in [0.1, 0.15) is 5.75 Å². The third-order valence-corrected chi connectivity index (χ3v) is 4.10. The molecule has 5 heteroatoms. The summed E-state index contributed by atoms with van der Waals surface area (Å²) in [7, 11) is 0. The molecule has 0 spiro atoms. The summed E-state index contributed by atoms with van der Waals surface area (Å²) in [5.41, 5.74) is 2.54. The molecule has 0 radical (unpaired) electrons. The van der Waals surface area contributed by atoms with Crippen LogP contribution in [0.1, 0.15) is 19.4 Å². The van der Waals surface area contributed by atoms with Crippen molar-refractivity contribution < 1.29 is 14.3 Å². The third kappa shape index (κ3) is 3.11. The van der Waals surface area contributed by atoms with Gasteiger partial charge in [0.2, 0.25) is 5.91 Å². The Balaban J connectivity index is 1.83. The van der Waals surface area contributed by atoms with Gasteiger partial charge in [0.25, 0.3) is 5.91 Å². The quantitative estimate of drug-likeness (QED) is 0.944. The van der Waals surface area contributed by atoms with Gasteiger partial charge in [-0.15, -0.1) is 0 Å². The smallest absolute Gasteiger partial charge is 0.267 e. The van der Waals surface area contributed by atoms with Crippen LogP contribution in [0.3, 0.4) is 0 Å². The summed E-state index contributed by atoms with van der Waals surface area (Å²) in [5.74, 6) is 0.178. The number of carbonyl (C=O) groups excluding carboxylic acids is 2. The predicted octanol–water partition coefficient (Wildman–Crippen LogP) is 3.00. The van der Waals surface area contributed by atoms with Crippen molar-refractivity contribution in [2.45, 2.75) is 26.4 Å². The van der Waals surface area contributed by atoms with E-state index < -0.39 is 6.10 Å². The second-order valence-corrected chi connectivity index (χ2v) is 5.70. The van der Waals surface area contributed by atoms with Crippen LogP contribution in [0.2, 0.25) is 0 Å². The molecule has 1 aliphatic rings. The molecule has 0 aliphatic carbocycles. The Morgan fingerprint density at radius 2 is 1.88 bits per heavy atom. The molecule has 0 aromatic heterocycles.